The molecule has 2 aliphatic rings. The van der Waals surface area contributed by atoms with E-state index in [1.807, 2.05) is 0 Å². The van der Waals surface area contributed by atoms with Crippen LogP contribution in [0.4, 0.5) is 18.0 Å². The number of alkyl halides is 3. The molecule has 0 aromatic rings. The van der Waals surface area contributed by atoms with E-state index in [0.29, 0.717) is 11.4 Å². The van der Waals surface area contributed by atoms with Crippen molar-refractivity contribution in [2.75, 3.05) is 26.2 Å². The molecule has 0 aromatic carbocycles. The van der Waals surface area contributed by atoms with Gasteiger partial charge in [0.2, 0.25) is 0 Å². The Bertz CT molecular complexity index is 632. The molecule has 154 valence electrons. The van der Waals surface area contributed by atoms with Crippen LogP contribution in [0.3, 0.4) is 0 Å². The second kappa shape index (κ2) is 6.87. The number of amides is 3. The highest BCUT2D eigenvalue weighted by Gasteiger charge is 2.61. The molecule has 0 aliphatic carbocycles. The van der Waals surface area contributed by atoms with E-state index in [1.54, 1.807) is 34.6 Å². The van der Waals surface area contributed by atoms with E-state index in [1.165, 1.54) is 9.80 Å². The second-order valence-corrected chi connectivity index (χ2v) is 8.03. The molecule has 3 amide bonds. The van der Waals surface area contributed by atoms with Gasteiger partial charge in [0, 0.05) is 32.1 Å². The Kier molecular flexibility index (Phi) is 5.42. The monoisotopic (exact) mass is 393 g/mol. The first-order chi connectivity index (χ1) is 12.2. The maximum Gasteiger partial charge on any atom is 0.471 e. The smallest absolute Gasteiger partial charge is 0.444 e. The summed E-state index contributed by atoms with van der Waals surface area (Å²) in [4.78, 5) is 40.7. The molecule has 2 heterocycles. The first-order valence-electron chi connectivity index (χ1n) is 8.90. The van der Waals surface area contributed by atoms with Gasteiger partial charge < -0.3 is 19.4 Å². The molecule has 1 spiro atoms. The van der Waals surface area contributed by atoms with E-state index < -0.39 is 35.2 Å². The molecule has 2 aliphatic heterocycles. The third kappa shape index (κ3) is 3.98. The minimum Gasteiger partial charge on any atom is -0.444 e. The van der Waals surface area contributed by atoms with E-state index in [-0.39, 0.29) is 32.1 Å². The fraction of sp³-hybridized carbons (Fsp3) is 0.824. The van der Waals surface area contributed by atoms with Crippen molar-refractivity contribution < 1.29 is 32.3 Å². The van der Waals surface area contributed by atoms with Crippen LogP contribution in [0.1, 0.15) is 41.0 Å². The summed E-state index contributed by atoms with van der Waals surface area (Å²) in [6.45, 7) is 7.94. The lowest BCUT2D eigenvalue weighted by Gasteiger charge is -2.47. The number of carbonyl (C=O) groups is 3. The van der Waals surface area contributed by atoms with Gasteiger partial charge in [-0.15, -0.1) is 0 Å². The molecule has 0 saturated carbocycles. The van der Waals surface area contributed by atoms with Gasteiger partial charge in [-0.05, 0) is 34.6 Å². The van der Waals surface area contributed by atoms with Gasteiger partial charge in [0.15, 0.2) is 0 Å². The molecular formula is C17H26F3N3O4. The zero-order chi connectivity index (χ0) is 20.8. The third-order valence-corrected chi connectivity index (χ3v) is 4.87. The van der Waals surface area contributed by atoms with Crippen molar-refractivity contribution in [1.29, 1.82) is 0 Å². The Labute approximate surface area is 156 Å². The number of halogens is 3. The zero-order valence-corrected chi connectivity index (χ0v) is 16.2. The Morgan fingerprint density at radius 2 is 1.81 bits per heavy atom. The van der Waals surface area contributed by atoms with E-state index in [0.717, 1.165) is 0 Å². The maximum absolute atomic E-state index is 13.1. The molecule has 0 bridgehead atoms. The van der Waals surface area contributed by atoms with Crippen molar-refractivity contribution in [2.24, 2.45) is 0 Å². The van der Waals surface area contributed by atoms with E-state index in [4.69, 9.17) is 4.74 Å². The van der Waals surface area contributed by atoms with Crippen LogP contribution in [-0.2, 0) is 14.3 Å². The summed E-state index contributed by atoms with van der Waals surface area (Å²) >= 11 is 0. The molecule has 0 aromatic heterocycles. The predicted molar refractivity (Wildman–Crippen MR) is 89.8 cm³/mol. The number of ether oxygens (including phenoxy) is 1. The molecule has 10 heteroatoms. The normalized spacial score (nSPS) is 26.7. The van der Waals surface area contributed by atoms with Gasteiger partial charge in [-0.1, -0.05) is 0 Å². The quantitative estimate of drug-likeness (QED) is 0.683. The summed E-state index contributed by atoms with van der Waals surface area (Å²) in [7, 11) is 0. The summed E-state index contributed by atoms with van der Waals surface area (Å²) in [5.74, 6) is -2.62. The van der Waals surface area contributed by atoms with Crippen LogP contribution < -0.4 is 0 Å². The van der Waals surface area contributed by atoms with Gasteiger partial charge in [0.25, 0.3) is 5.91 Å². The highest BCUT2D eigenvalue weighted by atomic mass is 19.4. The minimum absolute atomic E-state index is 0.0286. The Morgan fingerprint density at radius 3 is 2.26 bits per heavy atom. The van der Waals surface area contributed by atoms with Crippen molar-refractivity contribution in [3.05, 3.63) is 0 Å². The number of carbonyl (C=O) groups excluding carboxylic acids is 3. The number of likely N-dealkylation sites (N-methyl/N-ethyl adjacent to an activating group) is 1. The fourth-order valence-corrected chi connectivity index (χ4v) is 3.81. The lowest BCUT2D eigenvalue weighted by Crippen LogP contribution is -2.69. The Balaban J connectivity index is 2.39. The van der Waals surface area contributed by atoms with Gasteiger partial charge in [-0.25, -0.2) is 4.79 Å². The van der Waals surface area contributed by atoms with Crippen LogP contribution >= 0.6 is 0 Å². The zero-order valence-electron chi connectivity index (χ0n) is 16.2. The molecule has 0 N–H and O–H groups in total. The maximum atomic E-state index is 13.1. The summed E-state index contributed by atoms with van der Waals surface area (Å²) in [5, 5.41) is 0. The lowest BCUT2D eigenvalue weighted by molar-refractivity contribution is -0.195. The van der Waals surface area contributed by atoms with Gasteiger partial charge in [-0.3, -0.25) is 9.59 Å². The minimum atomic E-state index is -5.09. The first-order valence-corrected chi connectivity index (χ1v) is 8.90. The number of hydrogen-bond donors (Lipinski definition) is 0. The molecule has 2 fully saturated rings. The standard InChI is InChI=1S/C17H26F3N3O4/c1-6-22-11(2)9-16(12(22)24)10-21(14(26)27-15(3,4)5)7-8-23(16)13(25)17(18,19)20/h11H,6-10H2,1-5H3/t11?,16-/m0/s1. The number of piperazine rings is 1. The van der Waals surface area contributed by atoms with Crippen LogP contribution in [0.5, 0.6) is 0 Å². The highest BCUT2D eigenvalue weighted by Crippen LogP contribution is 2.39. The predicted octanol–water partition coefficient (Wildman–Crippen LogP) is 2.01. The van der Waals surface area contributed by atoms with Gasteiger partial charge in [0.05, 0.1) is 6.54 Å². The number of rotatable bonds is 1. The molecule has 1 unspecified atom stereocenters. The van der Waals surface area contributed by atoms with Crippen LogP contribution in [0.15, 0.2) is 0 Å². The van der Waals surface area contributed by atoms with E-state index in [9.17, 15) is 27.6 Å². The molecule has 27 heavy (non-hydrogen) atoms. The second-order valence-electron chi connectivity index (χ2n) is 8.03. The first kappa shape index (κ1) is 21.3. The topological polar surface area (TPSA) is 70.2 Å². The van der Waals surface area contributed by atoms with Crippen molar-refractivity contribution in [2.45, 2.75) is 64.4 Å². The van der Waals surface area contributed by atoms with Crippen molar-refractivity contribution >= 4 is 17.9 Å². The van der Waals surface area contributed by atoms with Gasteiger partial charge in [-0.2, -0.15) is 13.2 Å². The molecular weight excluding hydrogens is 367 g/mol. The lowest BCUT2D eigenvalue weighted by atomic mass is 9.90. The largest absolute Gasteiger partial charge is 0.471 e. The van der Waals surface area contributed by atoms with Crippen LogP contribution in [0.25, 0.3) is 0 Å². The van der Waals surface area contributed by atoms with Gasteiger partial charge in [0.1, 0.15) is 11.1 Å². The molecule has 2 rings (SSSR count). The third-order valence-electron chi connectivity index (χ3n) is 4.87. The van der Waals surface area contributed by atoms with Crippen molar-refractivity contribution in [3.63, 3.8) is 0 Å². The summed E-state index contributed by atoms with van der Waals surface area (Å²) in [6.07, 6.45) is -5.78. The molecule has 2 atom stereocenters. The van der Waals surface area contributed by atoms with Crippen LogP contribution in [0.2, 0.25) is 0 Å². The molecule has 0 radical (unpaired) electrons. The van der Waals surface area contributed by atoms with Crippen LogP contribution in [0, 0.1) is 0 Å². The highest BCUT2D eigenvalue weighted by molar-refractivity contribution is 5.96. The van der Waals surface area contributed by atoms with Crippen molar-refractivity contribution in [1.82, 2.24) is 14.7 Å². The fourth-order valence-electron chi connectivity index (χ4n) is 3.81. The molecule has 7 nitrogen and oxygen atoms in total. The molecule has 2 saturated heterocycles. The number of nitrogens with zero attached hydrogens (tertiary/aromatic N) is 3. The summed E-state index contributed by atoms with van der Waals surface area (Å²) < 4.78 is 44.7. The van der Waals surface area contributed by atoms with E-state index in [2.05, 4.69) is 0 Å². The van der Waals surface area contributed by atoms with E-state index >= 15 is 0 Å². The number of hydrogen-bond acceptors (Lipinski definition) is 4. The summed E-state index contributed by atoms with van der Waals surface area (Å²) in [6, 6.07) is -0.343. The SMILES string of the molecule is CCN1C(=O)[C@]2(CC1C)CN(C(=O)OC(C)(C)C)CCN2C(=O)C(F)(F)F. The van der Waals surface area contributed by atoms with Crippen molar-refractivity contribution in [3.8, 4) is 0 Å². The summed E-state index contributed by atoms with van der Waals surface area (Å²) in [5.41, 5.74) is -2.51. The van der Waals surface area contributed by atoms with Gasteiger partial charge >= 0.3 is 18.2 Å². The Morgan fingerprint density at radius 1 is 1.22 bits per heavy atom. The number of likely N-dealkylation sites (tertiary alicyclic amines) is 1. The van der Waals surface area contributed by atoms with Crippen LogP contribution in [-0.4, -0.2) is 82.1 Å². The Hall–Kier alpha value is -2.00. The average Bonchev–Trinajstić information content (AvgIpc) is 2.74. The average molecular weight is 393 g/mol.